The Labute approximate surface area is 92.2 Å². The van der Waals surface area contributed by atoms with E-state index in [2.05, 4.69) is 0 Å². The van der Waals surface area contributed by atoms with Crippen molar-refractivity contribution in [3.8, 4) is 0 Å². The zero-order valence-electron chi connectivity index (χ0n) is 8.90. The van der Waals surface area contributed by atoms with E-state index in [-0.39, 0.29) is 5.76 Å². The molecule has 0 atom stereocenters. The van der Waals surface area contributed by atoms with Crippen molar-refractivity contribution in [3.05, 3.63) is 40.5 Å². The van der Waals surface area contributed by atoms with Crippen LogP contribution in [0.25, 0.3) is 5.76 Å². The van der Waals surface area contributed by atoms with Crippen LogP contribution in [0.1, 0.15) is 27.0 Å². The van der Waals surface area contributed by atoms with Crippen LogP contribution in [0.15, 0.2) is 18.2 Å². The molecule has 0 aliphatic carbocycles. The van der Waals surface area contributed by atoms with Gasteiger partial charge in [0, 0.05) is 5.56 Å². The predicted molar refractivity (Wildman–Crippen MR) is 56.9 cm³/mol. The summed E-state index contributed by atoms with van der Waals surface area (Å²) in [6.07, 6.45) is 0.901. The molecule has 0 saturated heterocycles. The number of hydrogen-bond acceptors (Lipinski definition) is 3. The fourth-order valence-corrected chi connectivity index (χ4v) is 1.62. The first-order valence-corrected chi connectivity index (χ1v) is 4.77. The molecule has 0 unspecified atom stereocenters. The second kappa shape index (κ2) is 3.48. The lowest BCUT2D eigenvalue weighted by atomic mass is 10.0. The third kappa shape index (κ3) is 1.58. The lowest BCUT2D eigenvalue weighted by Gasteiger charge is -2.01. The summed E-state index contributed by atoms with van der Waals surface area (Å²) in [7, 11) is 0. The maximum absolute atomic E-state index is 11.5. The van der Waals surface area contributed by atoms with Crippen molar-refractivity contribution in [1.29, 1.82) is 0 Å². The van der Waals surface area contributed by atoms with Crippen LogP contribution in [0.3, 0.4) is 0 Å². The lowest BCUT2D eigenvalue weighted by Crippen LogP contribution is -1.95. The summed E-state index contributed by atoms with van der Waals surface area (Å²) < 4.78 is 4.89. The molecular formula is C12H10O4. The highest BCUT2D eigenvalue weighted by molar-refractivity contribution is 6.06. The molecule has 0 saturated carbocycles. The molecule has 1 aliphatic rings. The van der Waals surface area contributed by atoms with Crippen molar-refractivity contribution in [2.75, 3.05) is 0 Å². The SMILES string of the molecule is Cc1cc2c(cc1C)C(=CC(=O)O)OC2=O. The maximum Gasteiger partial charge on any atom is 0.344 e. The molecule has 0 aromatic heterocycles. The van der Waals surface area contributed by atoms with Gasteiger partial charge in [-0.25, -0.2) is 9.59 Å². The smallest absolute Gasteiger partial charge is 0.344 e. The Morgan fingerprint density at radius 2 is 1.81 bits per heavy atom. The molecular weight excluding hydrogens is 208 g/mol. The molecule has 2 rings (SSSR count). The van der Waals surface area contributed by atoms with Crippen molar-refractivity contribution in [1.82, 2.24) is 0 Å². The highest BCUT2D eigenvalue weighted by Crippen LogP contribution is 2.31. The molecule has 4 heteroatoms. The zero-order valence-corrected chi connectivity index (χ0v) is 8.90. The minimum Gasteiger partial charge on any atom is -0.478 e. The Kier molecular flexibility index (Phi) is 2.27. The first kappa shape index (κ1) is 10.4. The summed E-state index contributed by atoms with van der Waals surface area (Å²) in [6.45, 7) is 3.79. The minimum atomic E-state index is -1.13. The van der Waals surface area contributed by atoms with Crippen molar-refractivity contribution >= 4 is 17.7 Å². The standard InChI is InChI=1S/C12H10O4/c1-6-3-8-9(4-7(6)2)12(15)16-10(8)5-11(13)14/h3-5H,1-2H3,(H,13,14). The van der Waals surface area contributed by atoms with Crippen LogP contribution >= 0.6 is 0 Å². The van der Waals surface area contributed by atoms with Crippen LogP contribution in [-0.4, -0.2) is 17.0 Å². The monoisotopic (exact) mass is 218 g/mol. The Balaban J connectivity index is 2.62. The summed E-state index contributed by atoms with van der Waals surface area (Å²) in [5.74, 6) is -1.52. The van der Waals surface area contributed by atoms with E-state index in [1.54, 1.807) is 12.1 Å². The van der Waals surface area contributed by atoms with E-state index < -0.39 is 11.9 Å². The molecule has 1 heterocycles. The number of carboxylic acids is 1. The molecule has 0 radical (unpaired) electrons. The summed E-state index contributed by atoms with van der Waals surface area (Å²) in [5.41, 5.74) is 2.95. The highest BCUT2D eigenvalue weighted by Gasteiger charge is 2.27. The van der Waals surface area contributed by atoms with Crippen molar-refractivity contribution in [2.45, 2.75) is 13.8 Å². The van der Waals surface area contributed by atoms with Crippen LogP contribution < -0.4 is 0 Å². The van der Waals surface area contributed by atoms with Gasteiger partial charge >= 0.3 is 11.9 Å². The number of esters is 1. The Hall–Kier alpha value is -2.10. The Morgan fingerprint density at radius 3 is 2.38 bits per heavy atom. The van der Waals surface area contributed by atoms with Crippen molar-refractivity contribution < 1.29 is 19.4 Å². The van der Waals surface area contributed by atoms with E-state index >= 15 is 0 Å². The summed E-state index contributed by atoms with van der Waals surface area (Å²) in [4.78, 5) is 22.0. The van der Waals surface area contributed by atoms with Crippen LogP contribution in [0.5, 0.6) is 0 Å². The van der Waals surface area contributed by atoms with Gasteiger partial charge in [0.15, 0.2) is 0 Å². The van der Waals surface area contributed by atoms with Gasteiger partial charge in [-0.1, -0.05) is 0 Å². The van der Waals surface area contributed by atoms with Crippen molar-refractivity contribution in [3.63, 3.8) is 0 Å². The van der Waals surface area contributed by atoms with Crippen LogP contribution in [-0.2, 0) is 9.53 Å². The number of carboxylic acid groups (broad SMARTS) is 1. The number of carbonyl (C=O) groups is 2. The first-order valence-electron chi connectivity index (χ1n) is 4.77. The topological polar surface area (TPSA) is 63.6 Å². The maximum atomic E-state index is 11.5. The number of fused-ring (bicyclic) bond motifs is 1. The zero-order chi connectivity index (χ0) is 11.9. The molecule has 1 aromatic rings. The fraction of sp³-hybridized carbons (Fsp3) is 0.167. The molecule has 0 spiro atoms. The fourth-order valence-electron chi connectivity index (χ4n) is 1.62. The van der Waals surface area contributed by atoms with Gasteiger partial charge in [-0.2, -0.15) is 0 Å². The van der Waals surface area contributed by atoms with Gasteiger partial charge in [-0.3, -0.25) is 0 Å². The highest BCUT2D eigenvalue weighted by atomic mass is 16.5. The molecule has 4 nitrogen and oxygen atoms in total. The summed E-state index contributed by atoms with van der Waals surface area (Å²) in [6, 6.07) is 3.49. The molecule has 0 amide bonds. The average molecular weight is 218 g/mol. The van der Waals surface area contributed by atoms with Crippen LogP contribution in [0.2, 0.25) is 0 Å². The summed E-state index contributed by atoms with van der Waals surface area (Å²) in [5, 5.41) is 8.64. The Morgan fingerprint density at radius 1 is 1.25 bits per heavy atom. The first-order chi connectivity index (χ1) is 7.49. The molecule has 1 aromatic carbocycles. The molecule has 1 N–H and O–H groups in total. The van der Waals surface area contributed by atoms with Gasteiger partial charge in [-0.05, 0) is 37.1 Å². The number of carbonyl (C=O) groups excluding carboxylic acids is 1. The average Bonchev–Trinajstić information content (AvgIpc) is 2.44. The van der Waals surface area contributed by atoms with Crippen molar-refractivity contribution in [2.24, 2.45) is 0 Å². The van der Waals surface area contributed by atoms with Gasteiger partial charge in [0.25, 0.3) is 0 Å². The number of hydrogen-bond donors (Lipinski definition) is 1. The third-order valence-electron chi connectivity index (χ3n) is 2.58. The number of benzene rings is 1. The quantitative estimate of drug-likeness (QED) is 0.577. The van der Waals surface area contributed by atoms with E-state index in [0.29, 0.717) is 11.1 Å². The van der Waals surface area contributed by atoms with Gasteiger partial charge in [0.2, 0.25) is 0 Å². The van der Waals surface area contributed by atoms with E-state index in [0.717, 1.165) is 17.2 Å². The third-order valence-corrected chi connectivity index (χ3v) is 2.58. The van der Waals surface area contributed by atoms with E-state index in [4.69, 9.17) is 9.84 Å². The molecule has 0 fully saturated rings. The number of rotatable bonds is 1. The second-order valence-corrected chi connectivity index (χ2v) is 3.72. The number of ether oxygens (including phenoxy) is 1. The van der Waals surface area contributed by atoms with Gasteiger partial charge in [0.1, 0.15) is 5.76 Å². The van der Waals surface area contributed by atoms with Crippen LogP contribution in [0, 0.1) is 13.8 Å². The number of aryl methyl sites for hydroxylation is 2. The van der Waals surface area contributed by atoms with E-state index in [9.17, 15) is 9.59 Å². The number of cyclic esters (lactones) is 1. The van der Waals surface area contributed by atoms with Gasteiger partial charge in [-0.15, -0.1) is 0 Å². The molecule has 16 heavy (non-hydrogen) atoms. The second-order valence-electron chi connectivity index (χ2n) is 3.72. The normalized spacial score (nSPS) is 16.1. The van der Waals surface area contributed by atoms with Gasteiger partial charge < -0.3 is 9.84 Å². The lowest BCUT2D eigenvalue weighted by molar-refractivity contribution is -0.131. The molecule has 1 aliphatic heterocycles. The molecule has 82 valence electrons. The summed E-state index contributed by atoms with van der Waals surface area (Å²) >= 11 is 0. The predicted octanol–water partition coefficient (Wildman–Crippen LogP) is 1.90. The minimum absolute atomic E-state index is 0.107. The largest absolute Gasteiger partial charge is 0.478 e. The molecule has 0 bridgehead atoms. The van der Waals surface area contributed by atoms with Crippen LogP contribution in [0.4, 0.5) is 0 Å². The van der Waals surface area contributed by atoms with E-state index in [1.165, 1.54) is 0 Å². The van der Waals surface area contributed by atoms with Gasteiger partial charge in [0.05, 0.1) is 11.6 Å². The van der Waals surface area contributed by atoms with E-state index in [1.807, 2.05) is 13.8 Å². The Bertz CT molecular complexity index is 526. The number of aliphatic carboxylic acids is 1.